The number of amides is 2. The van der Waals surface area contributed by atoms with E-state index in [-0.39, 0.29) is 5.82 Å². The highest BCUT2D eigenvalue weighted by Crippen LogP contribution is 2.35. The number of likely N-dealkylation sites (N-methyl/N-ethyl adjacent to an activating group) is 1. The van der Waals surface area contributed by atoms with Crippen molar-refractivity contribution in [3.8, 4) is 17.2 Å². The second-order valence-corrected chi connectivity index (χ2v) is 9.39. The summed E-state index contributed by atoms with van der Waals surface area (Å²) in [7, 11) is 0. The highest BCUT2D eigenvalue weighted by molar-refractivity contribution is 8.18. The van der Waals surface area contributed by atoms with E-state index in [1.165, 1.54) is 12.3 Å². The second kappa shape index (κ2) is 9.49. The van der Waals surface area contributed by atoms with Gasteiger partial charge in [0.1, 0.15) is 11.9 Å². The molecule has 1 N–H and O–H groups in total. The molecule has 0 aliphatic carbocycles. The Morgan fingerprint density at radius 3 is 2.63 bits per heavy atom. The summed E-state index contributed by atoms with van der Waals surface area (Å²) in [5, 5.41) is 12.3. The molecule has 0 radical (unpaired) electrons. The molecule has 0 bridgehead atoms. The van der Waals surface area contributed by atoms with Crippen LogP contribution in [-0.2, 0) is 4.79 Å². The number of piperazine rings is 1. The van der Waals surface area contributed by atoms with E-state index < -0.39 is 11.1 Å². The fourth-order valence-corrected chi connectivity index (χ4v) is 5.17. The number of imide groups is 1. The topological polar surface area (TPSA) is 89.3 Å². The molecule has 35 heavy (non-hydrogen) atoms. The third-order valence-electron chi connectivity index (χ3n) is 6.35. The average molecular weight is 488 g/mol. The quantitative estimate of drug-likeness (QED) is 0.547. The first-order chi connectivity index (χ1) is 17.0. The highest BCUT2D eigenvalue weighted by Gasteiger charge is 2.25. The number of benzene rings is 2. The first kappa shape index (κ1) is 23.0. The number of aromatic nitrogens is 1. The predicted octanol–water partition coefficient (Wildman–Crippen LogP) is 4.38. The van der Waals surface area contributed by atoms with E-state index >= 15 is 4.39 Å². The van der Waals surface area contributed by atoms with Crippen LogP contribution in [0.4, 0.5) is 14.9 Å². The molecule has 3 heterocycles. The number of carbonyl (C=O) groups is 2. The summed E-state index contributed by atoms with van der Waals surface area (Å²) in [6.07, 6.45) is 3.11. The molecule has 2 saturated heterocycles. The number of nitrogens with one attached hydrogen (secondary N) is 1. The molecule has 176 valence electrons. The van der Waals surface area contributed by atoms with Crippen LogP contribution in [0, 0.1) is 17.1 Å². The molecular formula is C26H22FN5O2S. The Hall–Kier alpha value is -3.74. The molecule has 0 saturated carbocycles. The average Bonchev–Trinajstić information content (AvgIpc) is 3.19. The number of pyridine rings is 1. The van der Waals surface area contributed by atoms with E-state index in [0.29, 0.717) is 43.7 Å². The van der Waals surface area contributed by atoms with Gasteiger partial charge in [-0.2, -0.15) is 5.26 Å². The molecule has 3 aromatic rings. The molecule has 0 atom stereocenters. The number of fused-ring (bicyclic) bond motifs is 1. The number of thioether (sulfide) groups is 1. The van der Waals surface area contributed by atoms with Crippen LogP contribution in [0.2, 0.25) is 0 Å². The zero-order valence-corrected chi connectivity index (χ0v) is 19.9. The molecule has 0 spiro atoms. The Morgan fingerprint density at radius 1 is 1.17 bits per heavy atom. The smallest absolute Gasteiger partial charge is 0.290 e. The van der Waals surface area contributed by atoms with Gasteiger partial charge in [-0.15, -0.1) is 0 Å². The first-order valence-corrected chi connectivity index (χ1v) is 12.1. The SMILES string of the molecule is CCN1CCN(c2ccc(-c3c(C#N)cnc4ccc(C=C5SC(=O)NC5=O)cc34)cc2F)CC1. The van der Waals surface area contributed by atoms with Gasteiger partial charge in [0.05, 0.1) is 21.7 Å². The summed E-state index contributed by atoms with van der Waals surface area (Å²) >= 11 is 0.837. The summed E-state index contributed by atoms with van der Waals surface area (Å²) < 4.78 is 15.3. The third-order valence-corrected chi connectivity index (χ3v) is 7.16. The van der Waals surface area contributed by atoms with Gasteiger partial charge in [-0.05, 0) is 59.8 Å². The zero-order valence-electron chi connectivity index (χ0n) is 19.0. The first-order valence-electron chi connectivity index (χ1n) is 11.3. The Labute approximate surface area is 206 Å². The predicted molar refractivity (Wildman–Crippen MR) is 135 cm³/mol. The van der Waals surface area contributed by atoms with Crippen molar-refractivity contribution in [2.45, 2.75) is 6.92 Å². The number of nitrogens with zero attached hydrogens (tertiary/aromatic N) is 4. The van der Waals surface area contributed by atoms with Crippen molar-refractivity contribution < 1.29 is 14.0 Å². The number of anilines is 1. The van der Waals surface area contributed by atoms with Crippen LogP contribution in [0.5, 0.6) is 0 Å². The van der Waals surface area contributed by atoms with Crippen molar-refractivity contribution >= 4 is 45.6 Å². The maximum absolute atomic E-state index is 15.3. The highest BCUT2D eigenvalue weighted by atomic mass is 32.2. The molecule has 2 fully saturated rings. The van der Waals surface area contributed by atoms with Gasteiger partial charge in [0.2, 0.25) is 0 Å². The fraction of sp³-hybridized carbons (Fsp3) is 0.231. The lowest BCUT2D eigenvalue weighted by atomic mass is 9.95. The Balaban J connectivity index is 1.56. The Bertz CT molecular complexity index is 1420. The monoisotopic (exact) mass is 487 g/mol. The van der Waals surface area contributed by atoms with E-state index in [1.807, 2.05) is 6.07 Å². The minimum Gasteiger partial charge on any atom is -0.367 e. The van der Waals surface area contributed by atoms with E-state index in [1.54, 1.807) is 30.3 Å². The summed E-state index contributed by atoms with van der Waals surface area (Å²) in [5.41, 5.74) is 3.36. The van der Waals surface area contributed by atoms with Crippen molar-refractivity contribution in [1.82, 2.24) is 15.2 Å². The maximum atomic E-state index is 15.3. The minimum absolute atomic E-state index is 0.291. The van der Waals surface area contributed by atoms with E-state index in [0.717, 1.165) is 44.5 Å². The van der Waals surface area contributed by atoms with Crippen molar-refractivity contribution in [2.75, 3.05) is 37.6 Å². The molecule has 0 unspecified atom stereocenters. The second-order valence-electron chi connectivity index (χ2n) is 8.37. The summed E-state index contributed by atoms with van der Waals surface area (Å²) in [4.78, 5) is 32.5. The molecule has 5 rings (SSSR count). The van der Waals surface area contributed by atoms with Crippen molar-refractivity contribution in [3.05, 3.63) is 64.4 Å². The fourth-order valence-electron chi connectivity index (χ4n) is 4.49. The lowest BCUT2D eigenvalue weighted by molar-refractivity contribution is -0.115. The van der Waals surface area contributed by atoms with Crippen LogP contribution >= 0.6 is 11.8 Å². The maximum Gasteiger partial charge on any atom is 0.290 e. The molecule has 2 aliphatic rings. The van der Waals surface area contributed by atoms with Gasteiger partial charge >= 0.3 is 0 Å². The molecular weight excluding hydrogens is 465 g/mol. The summed E-state index contributed by atoms with van der Waals surface area (Å²) in [6.45, 7) is 6.42. The van der Waals surface area contributed by atoms with Crippen LogP contribution < -0.4 is 10.2 Å². The Kier molecular flexibility index (Phi) is 6.24. The zero-order chi connectivity index (χ0) is 24.5. The number of carbonyl (C=O) groups excluding carboxylic acids is 2. The van der Waals surface area contributed by atoms with Crippen LogP contribution in [0.3, 0.4) is 0 Å². The number of rotatable bonds is 4. The Morgan fingerprint density at radius 2 is 1.97 bits per heavy atom. The van der Waals surface area contributed by atoms with Crippen molar-refractivity contribution in [1.29, 1.82) is 5.26 Å². The van der Waals surface area contributed by atoms with Gasteiger partial charge in [0.15, 0.2) is 0 Å². The number of hydrogen-bond acceptors (Lipinski definition) is 7. The van der Waals surface area contributed by atoms with E-state index in [4.69, 9.17) is 0 Å². The van der Waals surface area contributed by atoms with Gasteiger partial charge in [-0.25, -0.2) is 4.39 Å². The summed E-state index contributed by atoms with van der Waals surface area (Å²) in [5.74, 6) is -0.779. The van der Waals surface area contributed by atoms with Gasteiger partial charge in [-0.3, -0.25) is 19.9 Å². The van der Waals surface area contributed by atoms with Crippen molar-refractivity contribution in [3.63, 3.8) is 0 Å². The molecule has 7 nitrogen and oxygen atoms in total. The number of halogens is 1. The van der Waals surface area contributed by atoms with Crippen LogP contribution in [0.25, 0.3) is 28.1 Å². The largest absolute Gasteiger partial charge is 0.367 e. The lowest BCUT2D eigenvalue weighted by Gasteiger charge is -2.35. The van der Waals surface area contributed by atoms with Crippen LogP contribution in [0.1, 0.15) is 18.1 Å². The lowest BCUT2D eigenvalue weighted by Crippen LogP contribution is -2.46. The normalized spacial score (nSPS) is 17.7. The van der Waals surface area contributed by atoms with Crippen LogP contribution in [-0.4, -0.2) is 53.8 Å². The molecule has 2 aromatic carbocycles. The minimum atomic E-state index is -0.443. The number of hydrogen-bond donors (Lipinski definition) is 1. The standard InChI is InChI=1S/C26H22FN5O2S/c1-2-31-7-9-32(10-8-31)22-6-4-17(13-20(22)27)24-18(14-28)15-29-21-5-3-16(11-19(21)24)12-23-25(33)30-26(34)35-23/h3-6,11-13,15H,2,7-10H2,1H3,(H,30,33,34). The number of nitriles is 1. The van der Waals surface area contributed by atoms with Crippen LogP contribution in [0.15, 0.2) is 47.5 Å². The van der Waals surface area contributed by atoms with Gasteiger partial charge in [0.25, 0.3) is 11.1 Å². The molecule has 2 aliphatic heterocycles. The summed E-state index contributed by atoms with van der Waals surface area (Å²) in [6, 6.07) is 12.6. The van der Waals surface area contributed by atoms with Gasteiger partial charge in [0, 0.05) is 43.3 Å². The molecule has 2 amide bonds. The van der Waals surface area contributed by atoms with Gasteiger partial charge < -0.3 is 9.80 Å². The van der Waals surface area contributed by atoms with E-state index in [9.17, 15) is 14.9 Å². The van der Waals surface area contributed by atoms with E-state index in [2.05, 4.69) is 33.1 Å². The molecule has 1 aromatic heterocycles. The van der Waals surface area contributed by atoms with Crippen molar-refractivity contribution in [2.24, 2.45) is 0 Å². The van der Waals surface area contributed by atoms with Gasteiger partial charge in [-0.1, -0.05) is 19.1 Å². The third kappa shape index (κ3) is 4.50. The molecule has 9 heteroatoms.